The summed E-state index contributed by atoms with van der Waals surface area (Å²) < 4.78 is 29.1. The van der Waals surface area contributed by atoms with Gasteiger partial charge in [0.05, 0.1) is 17.4 Å². The molecule has 1 atom stereocenters. The Bertz CT molecular complexity index is 831. The van der Waals surface area contributed by atoms with E-state index in [0.717, 1.165) is 15.2 Å². The molecule has 0 spiro atoms. The predicted octanol–water partition coefficient (Wildman–Crippen LogP) is 4.30. The van der Waals surface area contributed by atoms with E-state index in [1.54, 1.807) is 19.9 Å². The monoisotopic (exact) mass is 490 g/mol. The van der Waals surface area contributed by atoms with Gasteiger partial charge in [0.15, 0.2) is 11.6 Å². The first-order chi connectivity index (χ1) is 12.7. The third-order valence-corrected chi connectivity index (χ3v) is 4.65. The Kier molecular flexibility index (Phi) is 7.51. The summed E-state index contributed by atoms with van der Waals surface area (Å²) in [5.74, 6) is -3.04. The van der Waals surface area contributed by atoms with Crippen LogP contribution in [0.5, 0.6) is 0 Å². The summed E-state index contributed by atoms with van der Waals surface area (Å²) in [4.78, 5) is 17.4. The van der Waals surface area contributed by atoms with Crippen molar-refractivity contribution in [2.24, 2.45) is 5.92 Å². The summed E-state index contributed by atoms with van der Waals surface area (Å²) in [6.45, 7) is 5.30. The number of aryl methyl sites for hydroxylation is 1. The molecular formula is C19H21F2IN2O3. The summed E-state index contributed by atoms with van der Waals surface area (Å²) in [5, 5.41) is 12.5. The topological polar surface area (TPSA) is 70.6 Å². The van der Waals surface area contributed by atoms with Gasteiger partial charge < -0.3 is 10.4 Å². The van der Waals surface area contributed by atoms with Crippen LogP contribution in [0.3, 0.4) is 0 Å². The highest BCUT2D eigenvalue weighted by Gasteiger charge is 2.20. The minimum atomic E-state index is -1.16. The highest BCUT2D eigenvalue weighted by atomic mass is 127. The van der Waals surface area contributed by atoms with Crippen molar-refractivity contribution in [1.82, 2.24) is 5.48 Å². The highest BCUT2D eigenvalue weighted by molar-refractivity contribution is 14.1. The minimum absolute atomic E-state index is 0.0498. The number of aliphatic hydroxyl groups excluding tert-OH is 1. The lowest BCUT2D eigenvalue weighted by atomic mass is 10.1. The standard InChI is InChI=1S/C19H21F2IN2O3/c1-10(2)16(25)9-27-24-19(26)13-5-6-14(20)17(21)18(13)23-15-7-4-12(22)8-11(15)3/h4-8,10,16,23,25H,9H2,1-3H3,(H,24,26). The van der Waals surface area contributed by atoms with Crippen LogP contribution in [0.4, 0.5) is 20.2 Å². The Labute approximate surface area is 170 Å². The highest BCUT2D eigenvalue weighted by Crippen LogP contribution is 2.28. The fourth-order valence-corrected chi connectivity index (χ4v) is 2.85. The summed E-state index contributed by atoms with van der Waals surface area (Å²) >= 11 is 2.14. The van der Waals surface area contributed by atoms with E-state index >= 15 is 0 Å². The van der Waals surface area contributed by atoms with Crippen molar-refractivity contribution in [2.45, 2.75) is 26.9 Å². The molecule has 27 heavy (non-hydrogen) atoms. The van der Waals surface area contributed by atoms with Gasteiger partial charge in [-0.15, -0.1) is 0 Å². The number of carbonyl (C=O) groups is 1. The van der Waals surface area contributed by atoms with Crippen LogP contribution in [-0.2, 0) is 4.84 Å². The molecule has 1 unspecified atom stereocenters. The van der Waals surface area contributed by atoms with Crippen molar-refractivity contribution in [1.29, 1.82) is 0 Å². The van der Waals surface area contributed by atoms with Gasteiger partial charge in [-0.05, 0) is 71.3 Å². The van der Waals surface area contributed by atoms with Gasteiger partial charge in [-0.2, -0.15) is 0 Å². The van der Waals surface area contributed by atoms with Crippen molar-refractivity contribution in [3.8, 4) is 0 Å². The second-order valence-electron chi connectivity index (χ2n) is 6.42. The Balaban J connectivity index is 2.24. The zero-order valence-electron chi connectivity index (χ0n) is 15.1. The van der Waals surface area contributed by atoms with E-state index in [-0.39, 0.29) is 23.8 Å². The molecule has 146 valence electrons. The average Bonchev–Trinajstić information content (AvgIpc) is 2.60. The molecule has 0 aliphatic rings. The lowest BCUT2D eigenvalue weighted by molar-refractivity contribution is -0.0268. The quantitative estimate of drug-likeness (QED) is 0.400. The third-order valence-electron chi connectivity index (χ3n) is 3.98. The van der Waals surface area contributed by atoms with Crippen LogP contribution < -0.4 is 10.8 Å². The summed E-state index contributed by atoms with van der Waals surface area (Å²) in [6.07, 6.45) is -0.762. The van der Waals surface area contributed by atoms with Crippen LogP contribution in [0, 0.1) is 28.0 Å². The molecule has 8 heteroatoms. The van der Waals surface area contributed by atoms with Crippen LogP contribution in [0.25, 0.3) is 0 Å². The van der Waals surface area contributed by atoms with E-state index in [9.17, 15) is 18.7 Å². The first-order valence-electron chi connectivity index (χ1n) is 8.32. The van der Waals surface area contributed by atoms with Gasteiger partial charge >= 0.3 is 0 Å². The van der Waals surface area contributed by atoms with E-state index in [2.05, 4.69) is 33.4 Å². The van der Waals surface area contributed by atoms with Crippen LogP contribution in [0.2, 0.25) is 0 Å². The first-order valence-corrected chi connectivity index (χ1v) is 9.40. The Morgan fingerprint density at radius 1 is 1.26 bits per heavy atom. The molecule has 0 heterocycles. The van der Waals surface area contributed by atoms with E-state index in [1.165, 1.54) is 6.07 Å². The number of hydrogen-bond donors (Lipinski definition) is 3. The molecule has 0 radical (unpaired) electrons. The molecule has 0 bridgehead atoms. The number of anilines is 2. The molecular weight excluding hydrogens is 469 g/mol. The first kappa shape index (κ1) is 21.5. The predicted molar refractivity (Wildman–Crippen MR) is 108 cm³/mol. The number of halogens is 3. The second-order valence-corrected chi connectivity index (χ2v) is 7.67. The average molecular weight is 490 g/mol. The smallest absolute Gasteiger partial charge is 0.277 e. The molecule has 2 rings (SSSR count). The molecule has 3 N–H and O–H groups in total. The van der Waals surface area contributed by atoms with E-state index < -0.39 is 23.6 Å². The maximum Gasteiger partial charge on any atom is 0.277 e. The largest absolute Gasteiger partial charge is 0.390 e. The fourth-order valence-electron chi connectivity index (χ4n) is 2.20. The van der Waals surface area contributed by atoms with Gasteiger partial charge in [0.1, 0.15) is 6.61 Å². The molecule has 0 aliphatic carbocycles. The number of aliphatic hydroxyl groups is 1. The molecule has 0 saturated carbocycles. The van der Waals surface area contributed by atoms with Gasteiger partial charge in [0.2, 0.25) is 0 Å². The lowest BCUT2D eigenvalue weighted by Gasteiger charge is -2.17. The maximum absolute atomic E-state index is 14.4. The maximum atomic E-state index is 14.4. The SMILES string of the molecule is Cc1cc(I)ccc1Nc1c(C(=O)NOCC(O)C(C)C)ccc(F)c1F. The van der Waals surface area contributed by atoms with Gasteiger partial charge in [-0.3, -0.25) is 9.63 Å². The van der Waals surface area contributed by atoms with Gasteiger partial charge in [0, 0.05) is 9.26 Å². The van der Waals surface area contributed by atoms with Crippen molar-refractivity contribution < 1.29 is 23.5 Å². The van der Waals surface area contributed by atoms with E-state index in [0.29, 0.717) is 5.69 Å². The fraction of sp³-hybridized carbons (Fsp3) is 0.316. The van der Waals surface area contributed by atoms with Crippen molar-refractivity contribution in [3.05, 3.63) is 56.7 Å². The number of amides is 1. The summed E-state index contributed by atoms with van der Waals surface area (Å²) in [7, 11) is 0. The third kappa shape index (κ3) is 5.60. The summed E-state index contributed by atoms with van der Waals surface area (Å²) in [6, 6.07) is 7.44. The normalized spacial score (nSPS) is 12.1. The van der Waals surface area contributed by atoms with Crippen molar-refractivity contribution in [3.63, 3.8) is 0 Å². The number of benzene rings is 2. The molecule has 0 saturated heterocycles. The van der Waals surface area contributed by atoms with E-state index in [4.69, 9.17) is 4.84 Å². The van der Waals surface area contributed by atoms with Crippen molar-refractivity contribution in [2.75, 3.05) is 11.9 Å². The van der Waals surface area contributed by atoms with Gasteiger partial charge in [-0.25, -0.2) is 14.3 Å². The lowest BCUT2D eigenvalue weighted by Crippen LogP contribution is -2.31. The molecule has 5 nitrogen and oxygen atoms in total. The Morgan fingerprint density at radius 3 is 2.59 bits per heavy atom. The minimum Gasteiger partial charge on any atom is -0.390 e. The number of carbonyl (C=O) groups excluding carboxylic acids is 1. The zero-order valence-corrected chi connectivity index (χ0v) is 17.3. The molecule has 0 aliphatic heterocycles. The molecule has 2 aromatic carbocycles. The molecule has 2 aromatic rings. The second kappa shape index (κ2) is 9.43. The van der Waals surface area contributed by atoms with E-state index in [1.807, 2.05) is 19.1 Å². The van der Waals surface area contributed by atoms with Gasteiger partial charge in [-0.1, -0.05) is 13.8 Å². The Morgan fingerprint density at radius 2 is 1.96 bits per heavy atom. The Hall–Kier alpha value is -1.78. The number of rotatable bonds is 7. The summed E-state index contributed by atoms with van der Waals surface area (Å²) in [5.41, 5.74) is 3.10. The van der Waals surface area contributed by atoms with Crippen LogP contribution in [0.1, 0.15) is 29.8 Å². The number of nitrogens with one attached hydrogen (secondary N) is 2. The number of hydrogen-bond acceptors (Lipinski definition) is 4. The van der Waals surface area contributed by atoms with Crippen LogP contribution >= 0.6 is 22.6 Å². The van der Waals surface area contributed by atoms with Crippen LogP contribution in [0.15, 0.2) is 30.3 Å². The van der Waals surface area contributed by atoms with Gasteiger partial charge in [0.25, 0.3) is 5.91 Å². The molecule has 0 fully saturated rings. The molecule has 0 aromatic heterocycles. The zero-order chi connectivity index (χ0) is 20.1. The molecule has 1 amide bonds. The number of hydroxylamine groups is 1. The van der Waals surface area contributed by atoms with Crippen molar-refractivity contribution >= 4 is 39.9 Å². The van der Waals surface area contributed by atoms with Crippen LogP contribution in [-0.4, -0.2) is 23.7 Å².